The fourth-order valence-electron chi connectivity index (χ4n) is 5.21. The first-order valence-electron chi connectivity index (χ1n) is 15.4. The molecule has 0 spiro atoms. The maximum absolute atomic E-state index is 4.22. The van der Waals surface area contributed by atoms with Gasteiger partial charge in [-0.05, 0) is 64.8 Å². The van der Waals surface area contributed by atoms with E-state index < -0.39 is 0 Å². The molecule has 48 heavy (non-hydrogen) atoms. The first kappa shape index (κ1) is 33.8. The summed E-state index contributed by atoms with van der Waals surface area (Å²) in [4.78, 5) is 6.47. The van der Waals surface area contributed by atoms with Gasteiger partial charge in [0.1, 0.15) is 0 Å². The van der Waals surface area contributed by atoms with Gasteiger partial charge in [-0.2, -0.15) is 42.5 Å². The van der Waals surface area contributed by atoms with Crippen molar-refractivity contribution in [3.8, 4) is 33.5 Å². The van der Waals surface area contributed by atoms with E-state index in [4.69, 9.17) is 0 Å². The van der Waals surface area contributed by atoms with Crippen molar-refractivity contribution in [3.05, 3.63) is 206 Å². The third kappa shape index (κ3) is 8.40. The van der Waals surface area contributed by atoms with Gasteiger partial charge in [0.15, 0.2) is 0 Å². The zero-order valence-corrected chi connectivity index (χ0v) is 28.8. The van der Waals surface area contributed by atoms with Crippen LogP contribution < -0.4 is 4.90 Å². The Hall–Kier alpha value is -5.60. The zero-order chi connectivity index (χ0) is 32.3. The topological polar surface area (TPSA) is 16.1 Å². The molecule has 2 nitrogen and oxygen atoms in total. The second-order valence-corrected chi connectivity index (χ2v) is 10.7. The molecule has 0 amide bonds. The van der Waals surface area contributed by atoms with Crippen LogP contribution in [-0.2, 0) is 20.1 Å². The normalized spacial score (nSPS) is 10.1. The Kier molecular flexibility index (Phi) is 11.8. The number of pyridine rings is 1. The predicted octanol–water partition coefficient (Wildman–Crippen LogP) is 11.9. The van der Waals surface area contributed by atoms with Crippen molar-refractivity contribution in [2.45, 2.75) is 0 Å². The maximum Gasteiger partial charge on any atom is 3.00 e. The van der Waals surface area contributed by atoms with E-state index in [0.29, 0.717) is 0 Å². The summed E-state index contributed by atoms with van der Waals surface area (Å²) in [6, 6.07) is 63.2. The summed E-state index contributed by atoms with van der Waals surface area (Å²) in [5.74, 6) is 0. The summed E-state index contributed by atoms with van der Waals surface area (Å²) < 4.78 is 0. The largest absolute Gasteiger partial charge is 3.00 e. The van der Waals surface area contributed by atoms with E-state index in [0.717, 1.165) is 61.7 Å². The summed E-state index contributed by atoms with van der Waals surface area (Å²) in [5, 5.41) is 0. The minimum atomic E-state index is 0. The van der Waals surface area contributed by atoms with Gasteiger partial charge in [0, 0.05) is 23.3 Å². The Bertz CT molecular complexity index is 1930. The van der Waals surface area contributed by atoms with Crippen LogP contribution in [0.15, 0.2) is 177 Å². The molecule has 0 saturated heterocycles. The molecule has 0 N–H and O–H groups in total. The Balaban J connectivity index is 0.000000291. The van der Waals surface area contributed by atoms with Crippen LogP contribution in [0.25, 0.3) is 45.7 Å². The van der Waals surface area contributed by atoms with E-state index in [1.807, 2.05) is 78.9 Å². The SMILES string of the molecule is C=Cc1ccc(N(c2ccc(C=C)cc2)c2ccc(-c3cc[c-]c(-c4[c-]cccc4)c3)cc2)cc1.[Ir+3].[c-]1ccccc1-c1ccccn1. The van der Waals surface area contributed by atoms with Gasteiger partial charge >= 0.3 is 20.1 Å². The van der Waals surface area contributed by atoms with Crippen LogP contribution >= 0.6 is 0 Å². The number of hydrogen-bond acceptors (Lipinski definition) is 2. The molecule has 6 aromatic carbocycles. The Morgan fingerprint density at radius 2 is 1.00 bits per heavy atom. The molecule has 0 aliphatic rings. The summed E-state index contributed by atoms with van der Waals surface area (Å²) >= 11 is 0. The third-order valence-corrected chi connectivity index (χ3v) is 7.68. The first-order valence-corrected chi connectivity index (χ1v) is 15.4. The second-order valence-electron chi connectivity index (χ2n) is 10.7. The summed E-state index contributed by atoms with van der Waals surface area (Å²) in [7, 11) is 0. The molecule has 7 rings (SSSR count). The van der Waals surface area contributed by atoms with E-state index in [9.17, 15) is 0 Å². The molecule has 0 atom stereocenters. The number of aromatic nitrogens is 1. The maximum atomic E-state index is 4.22. The van der Waals surface area contributed by atoms with Gasteiger partial charge in [-0.25, -0.2) is 11.1 Å². The molecule has 0 saturated carbocycles. The smallest absolute Gasteiger partial charge is 0.311 e. The van der Waals surface area contributed by atoms with Gasteiger partial charge in [-0.3, -0.25) is 0 Å². The number of anilines is 3. The third-order valence-electron chi connectivity index (χ3n) is 7.68. The van der Waals surface area contributed by atoms with Crippen LogP contribution in [0.3, 0.4) is 0 Å². The molecule has 0 bridgehead atoms. The molecule has 1 aromatic heterocycles. The van der Waals surface area contributed by atoms with E-state index >= 15 is 0 Å². The summed E-state index contributed by atoms with van der Waals surface area (Å²) in [6.45, 7) is 7.76. The summed E-state index contributed by atoms with van der Waals surface area (Å²) in [5.41, 5.74) is 11.9. The van der Waals surface area contributed by atoms with Gasteiger partial charge in [0.2, 0.25) is 0 Å². The molecular formula is C45H33IrN2. The molecule has 232 valence electrons. The molecule has 1 heterocycles. The molecule has 3 heteroatoms. The average Bonchev–Trinajstić information content (AvgIpc) is 3.17. The Morgan fingerprint density at radius 3 is 1.50 bits per heavy atom. The van der Waals surface area contributed by atoms with Gasteiger partial charge in [0.05, 0.1) is 0 Å². The van der Waals surface area contributed by atoms with Crippen molar-refractivity contribution in [3.63, 3.8) is 0 Å². The molecule has 0 aliphatic carbocycles. The van der Waals surface area contributed by atoms with Crippen LogP contribution in [0, 0.1) is 18.2 Å². The number of hydrogen-bond donors (Lipinski definition) is 0. The fraction of sp³-hybridized carbons (Fsp3) is 0. The van der Waals surface area contributed by atoms with E-state index in [2.05, 4.69) is 132 Å². The minimum Gasteiger partial charge on any atom is -0.311 e. The van der Waals surface area contributed by atoms with Crippen LogP contribution in [0.2, 0.25) is 0 Å². The Labute approximate surface area is 297 Å². The number of rotatable bonds is 8. The van der Waals surface area contributed by atoms with Crippen molar-refractivity contribution in [2.75, 3.05) is 4.90 Å². The van der Waals surface area contributed by atoms with Crippen LogP contribution in [0.1, 0.15) is 11.1 Å². The van der Waals surface area contributed by atoms with Crippen molar-refractivity contribution in [2.24, 2.45) is 0 Å². The van der Waals surface area contributed by atoms with E-state index in [1.165, 1.54) is 0 Å². The first-order chi connectivity index (χ1) is 23.2. The fourth-order valence-corrected chi connectivity index (χ4v) is 5.21. The molecule has 0 unspecified atom stereocenters. The number of benzene rings is 6. The second kappa shape index (κ2) is 16.8. The Morgan fingerprint density at radius 1 is 0.479 bits per heavy atom. The van der Waals surface area contributed by atoms with Gasteiger partial charge in [0.25, 0.3) is 0 Å². The van der Waals surface area contributed by atoms with Gasteiger partial charge < -0.3 is 9.88 Å². The van der Waals surface area contributed by atoms with Crippen molar-refractivity contribution in [1.29, 1.82) is 0 Å². The molecule has 0 aliphatic heterocycles. The molecular weight excluding hydrogens is 761 g/mol. The molecule has 7 aromatic rings. The monoisotopic (exact) mass is 794 g/mol. The van der Waals surface area contributed by atoms with Crippen molar-refractivity contribution >= 4 is 29.2 Å². The quantitative estimate of drug-likeness (QED) is 0.143. The van der Waals surface area contributed by atoms with E-state index in [-0.39, 0.29) is 20.1 Å². The summed E-state index contributed by atoms with van der Waals surface area (Å²) in [6.07, 6.45) is 5.51. The van der Waals surface area contributed by atoms with E-state index in [1.54, 1.807) is 6.20 Å². The van der Waals surface area contributed by atoms with Crippen molar-refractivity contribution < 1.29 is 20.1 Å². The standard InChI is InChI=1S/C34H25N.C11H8N.Ir/c1-3-26-13-19-32(20-14-26)35(33-21-15-27(4-2)16-22-33)34-23-17-29(18-24-34)31-12-8-11-30(25-31)28-9-6-5-7-10-28;1-2-6-10(7-3-1)11-8-4-5-9-12-11;/h3-9,12-25H,1-2H2;1-6,8-9H;/q-2;-1;+3. The van der Waals surface area contributed by atoms with Crippen molar-refractivity contribution in [1.82, 2.24) is 4.98 Å². The van der Waals surface area contributed by atoms with Crippen LogP contribution in [0.5, 0.6) is 0 Å². The van der Waals surface area contributed by atoms with Gasteiger partial charge in [-0.15, -0.1) is 53.6 Å². The minimum absolute atomic E-state index is 0. The number of nitrogens with zero attached hydrogens (tertiary/aromatic N) is 2. The van der Waals surface area contributed by atoms with Crippen LogP contribution in [0.4, 0.5) is 17.1 Å². The molecule has 0 radical (unpaired) electrons. The van der Waals surface area contributed by atoms with Crippen LogP contribution in [-0.4, -0.2) is 4.98 Å². The molecule has 0 fully saturated rings. The average molecular weight is 794 g/mol. The van der Waals surface area contributed by atoms with Gasteiger partial charge in [-0.1, -0.05) is 73.8 Å². The predicted molar refractivity (Wildman–Crippen MR) is 198 cm³/mol. The zero-order valence-electron chi connectivity index (χ0n) is 26.4.